The zero-order chi connectivity index (χ0) is 21.5. The van der Waals surface area contributed by atoms with Gasteiger partial charge in [0.2, 0.25) is 0 Å². The molecule has 2 rings (SSSR count). The van der Waals surface area contributed by atoms with Gasteiger partial charge in [-0.05, 0) is 56.9 Å². The van der Waals surface area contributed by atoms with Crippen molar-refractivity contribution >= 4 is 29.0 Å². The van der Waals surface area contributed by atoms with Crippen LogP contribution in [0.4, 0.5) is 4.79 Å². The number of alkyl carbamates (subject to hydrolysis) is 1. The zero-order valence-corrected chi connectivity index (χ0v) is 17.4. The number of rotatable bonds is 3. The Kier molecular flexibility index (Phi) is 7.98. The molecule has 1 amide bonds. The Morgan fingerprint density at radius 1 is 1.14 bits per heavy atom. The number of hydrogen-bond donors (Lipinski definition) is 2. The first-order chi connectivity index (χ1) is 13.1. The number of hydrogen-bond acceptors (Lipinski definition) is 5. The van der Waals surface area contributed by atoms with E-state index in [2.05, 4.69) is 15.0 Å². The van der Waals surface area contributed by atoms with E-state index in [0.29, 0.717) is 5.52 Å². The van der Waals surface area contributed by atoms with Crippen molar-refractivity contribution in [3.63, 3.8) is 0 Å². The number of H-pyrrole nitrogens is 1. The van der Waals surface area contributed by atoms with Crippen LogP contribution in [-0.2, 0) is 14.3 Å². The van der Waals surface area contributed by atoms with Crippen molar-refractivity contribution in [3.05, 3.63) is 51.4 Å². The van der Waals surface area contributed by atoms with Gasteiger partial charge in [-0.25, -0.2) is 9.59 Å². The van der Waals surface area contributed by atoms with Gasteiger partial charge in [-0.15, -0.1) is 0 Å². The maximum Gasteiger partial charge on any atom is 0.412 e. The summed E-state index contributed by atoms with van der Waals surface area (Å²) in [5, 5.41) is 3.12. The predicted octanol–water partition coefficient (Wildman–Crippen LogP) is 3.90. The van der Waals surface area contributed by atoms with Gasteiger partial charge in [0.15, 0.2) is 0 Å². The average Bonchev–Trinajstić information content (AvgIpc) is 2.61. The lowest BCUT2D eigenvalue weighted by atomic mass is 10.1. The SMILES string of the molecule is CC.COC(=O)/C(=C/c1cc2ccc(C)cc2[nH]c1=O)NC(=O)OC(C)(C)C. The molecule has 0 saturated carbocycles. The van der Waals surface area contributed by atoms with Gasteiger partial charge in [-0.3, -0.25) is 10.1 Å². The number of aromatic nitrogens is 1. The van der Waals surface area contributed by atoms with Crippen LogP contribution in [0.15, 0.2) is 34.8 Å². The van der Waals surface area contributed by atoms with Gasteiger partial charge in [-0.1, -0.05) is 26.0 Å². The lowest BCUT2D eigenvalue weighted by Crippen LogP contribution is -2.34. The van der Waals surface area contributed by atoms with Crippen LogP contribution in [0.3, 0.4) is 0 Å². The summed E-state index contributed by atoms with van der Waals surface area (Å²) in [7, 11) is 1.18. The first-order valence-electron chi connectivity index (χ1n) is 9.03. The molecule has 0 aliphatic carbocycles. The van der Waals surface area contributed by atoms with Crippen molar-refractivity contribution in [2.24, 2.45) is 0 Å². The van der Waals surface area contributed by atoms with Gasteiger partial charge >= 0.3 is 12.1 Å². The van der Waals surface area contributed by atoms with E-state index in [0.717, 1.165) is 10.9 Å². The monoisotopic (exact) mass is 388 g/mol. The van der Waals surface area contributed by atoms with Crippen molar-refractivity contribution in [2.45, 2.75) is 47.1 Å². The number of carbonyl (C=O) groups is 2. The van der Waals surface area contributed by atoms with Gasteiger partial charge in [0.25, 0.3) is 5.56 Å². The van der Waals surface area contributed by atoms with Crippen molar-refractivity contribution in [1.29, 1.82) is 0 Å². The number of benzene rings is 1. The molecule has 0 radical (unpaired) electrons. The molecule has 2 aromatic rings. The number of fused-ring (bicyclic) bond motifs is 1. The molecular weight excluding hydrogens is 360 g/mol. The van der Waals surface area contributed by atoms with Gasteiger partial charge in [0.05, 0.1) is 7.11 Å². The smallest absolute Gasteiger partial charge is 0.412 e. The molecule has 0 aliphatic rings. The summed E-state index contributed by atoms with van der Waals surface area (Å²) in [6.45, 7) is 11.0. The summed E-state index contributed by atoms with van der Waals surface area (Å²) in [5.74, 6) is -0.792. The van der Waals surface area contributed by atoms with E-state index in [9.17, 15) is 14.4 Å². The van der Waals surface area contributed by atoms with E-state index in [1.807, 2.05) is 39.0 Å². The lowest BCUT2D eigenvalue weighted by molar-refractivity contribution is -0.136. The molecule has 2 N–H and O–H groups in total. The third kappa shape index (κ3) is 6.57. The molecule has 0 aliphatic heterocycles. The summed E-state index contributed by atoms with van der Waals surface area (Å²) < 4.78 is 9.80. The van der Waals surface area contributed by atoms with Crippen molar-refractivity contribution in [1.82, 2.24) is 10.3 Å². The average molecular weight is 388 g/mol. The third-order valence-corrected chi connectivity index (χ3v) is 3.37. The fourth-order valence-electron chi connectivity index (χ4n) is 2.26. The van der Waals surface area contributed by atoms with Gasteiger partial charge in [0.1, 0.15) is 11.3 Å². The Morgan fingerprint density at radius 3 is 2.36 bits per heavy atom. The number of aromatic amines is 1. The number of amides is 1. The molecule has 0 bridgehead atoms. The predicted molar refractivity (Wildman–Crippen MR) is 110 cm³/mol. The summed E-state index contributed by atoms with van der Waals surface area (Å²) in [6.07, 6.45) is 0.440. The molecule has 1 aromatic carbocycles. The number of nitrogens with one attached hydrogen (secondary N) is 2. The Bertz CT molecular complexity index is 936. The van der Waals surface area contributed by atoms with Crippen LogP contribution in [0, 0.1) is 6.92 Å². The number of carbonyl (C=O) groups excluding carboxylic acids is 2. The highest BCUT2D eigenvalue weighted by Gasteiger charge is 2.20. The van der Waals surface area contributed by atoms with Crippen LogP contribution in [0.25, 0.3) is 17.0 Å². The van der Waals surface area contributed by atoms with E-state index < -0.39 is 23.2 Å². The minimum Gasteiger partial charge on any atom is -0.464 e. The fourth-order valence-corrected chi connectivity index (χ4v) is 2.26. The molecular formula is C21H28N2O5. The van der Waals surface area contributed by atoms with E-state index in [1.165, 1.54) is 13.2 Å². The van der Waals surface area contributed by atoms with Crippen LogP contribution >= 0.6 is 0 Å². The van der Waals surface area contributed by atoms with Crippen molar-refractivity contribution in [3.8, 4) is 0 Å². The first-order valence-corrected chi connectivity index (χ1v) is 9.03. The van der Waals surface area contributed by atoms with E-state index in [-0.39, 0.29) is 11.3 Å². The molecule has 0 saturated heterocycles. The number of pyridine rings is 1. The summed E-state index contributed by atoms with van der Waals surface area (Å²) in [4.78, 5) is 39.0. The number of methoxy groups -OCH3 is 1. The van der Waals surface area contributed by atoms with Gasteiger partial charge < -0.3 is 14.5 Å². The van der Waals surface area contributed by atoms with Crippen LogP contribution in [0.2, 0.25) is 0 Å². The number of esters is 1. The zero-order valence-electron chi connectivity index (χ0n) is 17.4. The third-order valence-electron chi connectivity index (χ3n) is 3.37. The molecule has 0 fully saturated rings. The Hall–Kier alpha value is -3.09. The molecule has 1 heterocycles. The van der Waals surface area contributed by atoms with Crippen LogP contribution < -0.4 is 10.9 Å². The normalized spacial score (nSPS) is 11.3. The number of ether oxygens (including phenoxy) is 2. The molecule has 0 unspecified atom stereocenters. The Labute approximate surface area is 164 Å². The Morgan fingerprint density at radius 2 is 1.79 bits per heavy atom. The molecule has 7 nitrogen and oxygen atoms in total. The summed E-state index contributed by atoms with van der Waals surface area (Å²) in [6, 6.07) is 7.25. The minimum atomic E-state index is -0.818. The first kappa shape index (κ1) is 23.0. The highest BCUT2D eigenvalue weighted by atomic mass is 16.6. The highest BCUT2D eigenvalue weighted by Crippen LogP contribution is 2.15. The quantitative estimate of drug-likeness (QED) is 0.614. The van der Waals surface area contributed by atoms with Crippen molar-refractivity contribution in [2.75, 3.05) is 7.11 Å². The molecule has 7 heteroatoms. The van der Waals surface area contributed by atoms with E-state index in [4.69, 9.17) is 4.74 Å². The van der Waals surface area contributed by atoms with Crippen LogP contribution in [0.5, 0.6) is 0 Å². The Balaban J connectivity index is 0.00000190. The van der Waals surface area contributed by atoms with Gasteiger partial charge in [-0.2, -0.15) is 0 Å². The highest BCUT2D eigenvalue weighted by molar-refractivity contribution is 5.97. The lowest BCUT2D eigenvalue weighted by Gasteiger charge is -2.20. The van der Waals surface area contributed by atoms with Crippen LogP contribution in [-0.4, -0.2) is 29.8 Å². The minimum absolute atomic E-state index is 0.196. The van der Waals surface area contributed by atoms with E-state index >= 15 is 0 Å². The largest absolute Gasteiger partial charge is 0.464 e. The second kappa shape index (κ2) is 9.73. The topological polar surface area (TPSA) is 97.5 Å². The summed E-state index contributed by atoms with van der Waals surface area (Å²) in [5.41, 5.74) is 0.584. The number of aryl methyl sites for hydroxylation is 1. The standard InChI is InChI=1S/C19H22N2O5.C2H6/c1-11-6-7-12-9-13(16(22)20-14(12)8-11)10-15(17(23)25-5)21-18(24)26-19(2,3)4;1-2/h6-10H,1-5H3,(H,20,22)(H,21,24);1-2H3/b15-10-;. The second-order valence-corrected chi connectivity index (χ2v) is 6.82. The van der Waals surface area contributed by atoms with Crippen molar-refractivity contribution < 1.29 is 19.1 Å². The molecule has 28 heavy (non-hydrogen) atoms. The molecule has 1 aromatic heterocycles. The summed E-state index contributed by atoms with van der Waals surface area (Å²) >= 11 is 0. The fraction of sp³-hybridized carbons (Fsp3) is 0.381. The molecule has 152 valence electrons. The van der Waals surface area contributed by atoms with Gasteiger partial charge in [0, 0.05) is 11.1 Å². The maximum absolute atomic E-state index is 12.3. The second-order valence-electron chi connectivity index (χ2n) is 6.82. The molecule has 0 spiro atoms. The maximum atomic E-state index is 12.3. The molecule has 0 atom stereocenters. The van der Waals surface area contributed by atoms with Crippen LogP contribution in [0.1, 0.15) is 45.7 Å². The van der Waals surface area contributed by atoms with E-state index in [1.54, 1.807) is 26.8 Å².